The number of hydrogen-bond donors (Lipinski definition) is 0. The monoisotopic (exact) mass is 650 g/mol. The van der Waals surface area contributed by atoms with Crippen LogP contribution in [-0.4, -0.2) is 9.97 Å². The van der Waals surface area contributed by atoms with Crippen LogP contribution in [0.1, 0.15) is 0 Å². The number of nitrogens with zero attached hydrogens (tertiary/aromatic N) is 2. The van der Waals surface area contributed by atoms with Gasteiger partial charge in [0.2, 0.25) is 0 Å². The summed E-state index contributed by atoms with van der Waals surface area (Å²) in [7, 11) is 0. The molecule has 51 heavy (non-hydrogen) atoms. The third-order valence-corrected chi connectivity index (χ3v) is 9.89. The van der Waals surface area contributed by atoms with Gasteiger partial charge in [-0.1, -0.05) is 158 Å². The molecule has 0 aliphatic rings. The first-order chi connectivity index (χ1) is 25.2. The zero-order valence-electron chi connectivity index (χ0n) is 27.6. The second-order valence-electron chi connectivity index (χ2n) is 13.0. The van der Waals surface area contributed by atoms with Crippen molar-refractivity contribution < 1.29 is 4.42 Å². The van der Waals surface area contributed by atoms with Crippen LogP contribution in [-0.2, 0) is 0 Å². The highest BCUT2D eigenvalue weighted by Crippen LogP contribution is 2.40. The molecule has 0 radical (unpaired) electrons. The number of furan rings is 1. The van der Waals surface area contributed by atoms with E-state index in [2.05, 4.69) is 146 Å². The fourth-order valence-corrected chi connectivity index (χ4v) is 7.33. The first-order valence-corrected chi connectivity index (χ1v) is 17.2. The van der Waals surface area contributed by atoms with Crippen molar-refractivity contribution in [3.05, 3.63) is 182 Å². The zero-order valence-corrected chi connectivity index (χ0v) is 27.6. The zero-order chi connectivity index (χ0) is 33.7. The summed E-state index contributed by atoms with van der Waals surface area (Å²) in [4.78, 5) is 10.2. The molecule has 238 valence electrons. The Labute approximate surface area is 295 Å². The minimum atomic E-state index is 0.688. The normalized spacial score (nSPS) is 11.5. The SMILES string of the molecule is c1ccc(-c2cc(-c3ccc(-c4cc5ccccc5o4)cc3)nc(-c3ccc(-c4c5ccccc5cc5c4ccc4ccccc45)cc3)n2)cc1. The van der Waals surface area contributed by atoms with E-state index in [0.717, 1.165) is 55.9 Å². The third kappa shape index (κ3) is 5.15. The van der Waals surface area contributed by atoms with Gasteiger partial charge in [-0.05, 0) is 67.7 Å². The molecule has 0 fully saturated rings. The lowest BCUT2D eigenvalue weighted by Gasteiger charge is -2.15. The Morgan fingerprint density at radius 2 is 0.922 bits per heavy atom. The molecule has 0 amide bonds. The van der Waals surface area contributed by atoms with Gasteiger partial charge in [-0.25, -0.2) is 9.97 Å². The molecule has 3 heteroatoms. The molecular weight excluding hydrogens is 621 g/mol. The molecule has 0 N–H and O–H groups in total. The largest absolute Gasteiger partial charge is 0.456 e. The molecule has 10 aromatic rings. The van der Waals surface area contributed by atoms with Gasteiger partial charge >= 0.3 is 0 Å². The number of aromatic nitrogens is 2. The maximum atomic E-state index is 6.14. The van der Waals surface area contributed by atoms with Gasteiger partial charge in [0.15, 0.2) is 5.82 Å². The van der Waals surface area contributed by atoms with Crippen molar-refractivity contribution in [1.29, 1.82) is 0 Å². The van der Waals surface area contributed by atoms with Crippen molar-refractivity contribution >= 4 is 43.3 Å². The van der Waals surface area contributed by atoms with Gasteiger partial charge in [-0.2, -0.15) is 0 Å². The van der Waals surface area contributed by atoms with Gasteiger partial charge in [0.05, 0.1) is 11.4 Å². The topological polar surface area (TPSA) is 38.9 Å². The number of fused-ring (bicyclic) bond motifs is 5. The van der Waals surface area contributed by atoms with E-state index < -0.39 is 0 Å². The van der Waals surface area contributed by atoms with Gasteiger partial charge in [0.1, 0.15) is 11.3 Å². The van der Waals surface area contributed by atoms with E-state index in [-0.39, 0.29) is 0 Å². The van der Waals surface area contributed by atoms with E-state index in [1.807, 2.05) is 36.4 Å². The highest BCUT2D eigenvalue weighted by atomic mass is 16.3. The van der Waals surface area contributed by atoms with E-state index in [0.29, 0.717) is 5.82 Å². The average molecular weight is 651 g/mol. The highest BCUT2D eigenvalue weighted by Gasteiger charge is 2.15. The minimum Gasteiger partial charge on any atom is -0.456 e. The van der Waals surface area contributed by atoms with Crippen LogP contribution in [0.2, 0.25) is 0 Å². The second-order valence-corrected chi connectivity index (χ2v) is 13.0. The van der Waals surface area contributed by atoms with Crippen molar-refractivity contribution in [2.24, 2.45) is 0 Å². The van der Waals surface area contributed by atoms with Crippen LogP contribution >= 0.6 is 0 Å². The van der Waals surface area contributed by atoms with Crippen LogP contribution in [0.5, 0.6) is 0 Å². The molecule has 0 bridgehead atoms. The van der Waals surface area contributed by atoms with Gasteiger partial charge in [0, 0.05) is 27.6 Å². The summed E-state index contributed by atoms with van der Waals surface area (Å²) in [6.45, 7) is 0. The van der Waals surface area contributed by atoms with Crippen LogP contribution < -0.4 is 0 Å². The third-order valence-electron chi connectivity index (χ3n) is 9.89. The van der Waals surface area contributed by atoms with Crippen molar-refractivity contribution in [2.45, 2.75) is 0 Å². The fraction of sp³-hybridized carbons (Fsp3) is 0. The summed E-state index contributed by atoms with van der Waals surface area (Å²) in [5.74, 6) is 1.54. The molecule has 8 aromatic carbocycles. The van der Waals surface area contributed by atoms with Crippen LogP contribution in [0.4, 0.5) is 0 Å². The lowest BCUT2D eigenvalue weighted by Crippen LogP contribution is -1.96. The molecule has 2 aromatic heterocycles. The van der Waals surface area contributed by atoms with Crippen molar-refractivity contribution in [2.75, 3.05) is 0 Å². The Morgan fingerprint density at radius 3 is 1.69 bits per heavy atom. The summed E-state index contributed by atoms with van der Waals surface area (Å²) in [6, 6.07) is 63.9. The van der Waals surface area contributed by atoms with Gasteiger partial charge in [-0.15, -0.1) is 0 Å². The second kappa shape index (κ2) is 11.9. The Kier molecular flexibility index (Phi) is 6.81. The molecule has 0 saturated carbocycles. The Hall–Kier alpha value is -6.84. The van der Waals surface area contributed by atoms with Crippen LogP contribution in [0.3, 0.4) is 0 Å². The molecule has 0 unspecified atom stereocenters. The predicted octanol–water partition coefficient (Wildman–Crippen LogP) is 13.0. The molecule has 0 atom stereocenters. The molecule has 10 rings (SSSR count). The van der Waals surface area contributed by atoms with E-state index in [1.54, 1.807) is 0 Å². The van der Waals surface area contributed by atoms with Crippen molar-refractivity contribution in [3.63, 3.8) is 0 Å². The number of benzene rings is 8. The summed E-state index contributed by atoms with van der Waals surface area (Å²) in [6.07, 6.45) is 0. The first kappa shape index (κ1) is 29.1. The number of hydrogen-bond acceptors (Lipinski definition) is 3. The molecule has 2 heterocycles. The quantitative estimate of drug-likeness (QED) is 0.137. The van der Waals surface area contributed by atoms with Gasteiger partial charge < -0.3 is 4.42 Å². The van der Waals surface area contributed by atoms with E-state index in [9.17, 15) is 0 Å². The standard InChI is InChI=1S/C48H30N2O/c1-2-11-32(12-3-1)43-30-44(33-18-20-34(21-19-33)46-29-38-14-6-9-17-45(38)51-46)50-48(49-43)36-24-22-35(23-25-36)47-40-16-8-5-13-37(40)28-42-39-15-7-4-10-31(39)26-27-41(42)47/h1-30H. The lowest BCUT2D eigenvalue weighted by molar-refractivity contribution is 0.631. The maximum Gasteiger partial charge on any atom is 0.160 e. The number of rotatable bonds is 5. The first-order valence-electron chi connectivity index (χ1n) is 17.2. The fourth-order valence-electron chi connectivity index (χ4n) is 7.33. The van der Waals surface area contributed by atoms with Gasteiger partial charge in [0.25, 0.3) is 0 Å². The van der Waals surface area contributed by atoms with E-state index >= 15 is 0 Å². The summed E-state index contributed by atoms with van der Waals surface area (Å²) >= 11 is 0. The average Bonchev–Trinajstić information content (AvgIpc) is 3.65. The summed E-state index contributed by atoms with van der Waals surface area (Å²) < 4.78 is 6.14. The molecule has 0 spiro atoms. The molecule has 0 aliphatic carbocycles. The van der Waals surface area contributed by atoms with E-state index in [4.69, 9.17) is 14.4 Å². The highest BCUT2D eigenvalue weighted by molar-refractivity contribution is 6.20. The molecule has 3 nitrogen and oxygen atoms in total. The van der Waals surface area contributed by atoms with E-state index in [1.165, 1.54) is 37.9 Å². The number of para-hydroxylation sites is 1. The molecule has 0 aliphatic heterocycles. The molecule has 0 saturated heterocycles. The smallest absolute Gasteiger partial charge is 0.160 e. The van der Waals surface area contributed by atoms with Gasteiger partial charge in [-0.3, -0.25) is 0 Å². The van der Waals surface area contributed by atoms with Crippen LogP contribution in [0.25, 0.3) is 99.6 Å². The summed E-state index contributed by atoms with van der Waals surface area (Å²) in [5, 5.41) is 8.59. The Morgan fingerprint density at radius 1 is 0.333 bits per heavy atom. The van der Waals surface area contributed by atoms with Crippen molar-refractivity contribution in [1.82, 2.24) is 9.97 Å². The maximum absolute atomic E-state index is 6.14. The van der Waals surface area contributed by atoms with Crippen molar-refractivity contribution in [3.8, 4) is 56.4 Å². The Bertz CT molecular complexity index is 2860. The summed E-state index contributed by atoms with van der Waals surface area (Å²) in [5.41, 5.74) is 9.09. The lowest BCUT2D eigenvalue weighted by atomic mass is 9.89. The Balaban J connectivity index is 1.08. The minimum absolute atomic E-state index is 0.688. The predicted molar refractivity (Wildman–Crippen MR) is 212 cm³/mol. The van der Waals surface area contributed by atoms with Crippen LogP contribution in [0.15, 0.2) is 186 Å². The van der Waals surface area contributed by atoms with Crippen LogP contribution in [0, 0.1) is 0 Å². The molecular formula is C48H30N2O.